The third kappa shape index (κ3) is 3.07. The minimum atomic E-state index is 1.07. The maximum absolute atomic E-state index is 2.35. The number of hydrogen-bond donors (Lipinski definition) is 0. The molecule has 1 aliphatic heterocycles. The second kappa shape index (κ2) is 4.94. The van der Waals surface area contributed by atoms with E-state index in [1.54, 1.807) is 0 Å². The van der Waals surface area contributed by atoms with Crippen molar-refractivity contribution in [3.8, 4) is 0 Å². The molecule has 0 bridgehead atoms. The molecule has 78 valence electrons. The molecule has 1 aliphatic rings. The third-order valence-corrected chi connectivity index (χ3v) is 2.66. The van der Waals surface area contributed by atoms with Gasteiger partial charge in [-0.1, -0.05) is 48.6 Å². The quantitative estimate of drug-likeness (QED) is 0.708. The fourth-order valence-electron chi connectivity index (χ4n) is 1.81. The summed E-state index contributed by atoms with van der Waals surface area (Å²) in [4.78, 5) is 2.35. The third-order valence-electron chi connectivity index (χ3n) is 2.66. The van der Waals surface area contributed by atoms with Gasteiger partial charge >= 0.3 is 0 Å². The van der Waals surface area contributed by atoms with E-state index in [9.17, 15) is 0 Å². The van der Waals surface area contributed by atoms with E-state index in [0.717, 1.165) is 6.54 Å². The molecule has 0 saturated heterocycles. The van der Waals surface area contributed by atoms with Crippen molar-refractivity contribution in [2.24, 2.45) is 0 Å². The Hall–Kier alpha value is -1.34. The molecule has 0 N–H and O–H groups in total. The average Bonchev–Trinajstić information content (AvgIpc) is 2.28. The molecule has 1 aromatic carbocycles. The largest absolute Gasteiger partial charge is 0.302 e. The van der Waals surface area contributed by atoms with Crippen molar-refractivity contribution in [2.45, 2.75) is 6.42 Å². The number of likely N-dealkylation sites (N-methyl/N-ethyl adjacent to an activating group) is 1. The summed E-state index contributed by atoms with van der Waals surface area (Å²) in [5.41, 5.74) is 2.69. The van der Waals surface area contributed by atoms with Crippen molar-refractivity contribution in [3.63, 3.8) is 0 Å². The molecule has 1 heterocycles. The van der Waals surface area contributed by atoms with Gasteiger partial charge < -0.3 is 4.90 Å². The standard InChI is InChI=1S/C14H17N/c1-15-11-5-8-14(12-15)10-9-13-6-3-2-4-7-13/h2-4,6-10H,5,11-12H2,1H3. The van der Waals surface area contributed by atoms with Crippen LogP contribution in [0.4, 0.5) is 0 Å². The van der Waals surface area contributed by atoms with Crippen molar-refractivity contribution in [1.29, 1.82) is 0 Å². The van der Waals surface area contributed by atoms with Crippen LogP contribution >= 0.6 is 0 Å². The van der Waals surface area contributed by atoms with Crippen molar-refractivity contribution >= 4 is 6.08 Å². The highest BCUT2D eigenvalue weighted by atomic mass is 15.1. The van der Waals surface area contributed by atoms with Crippen LogP contribution in [0.2, 0.25) is 0 Å². The number of hydrogen-bond acceptors (Lipinski definition) is 1. The molecule has 1 nitrogen and oxygen atoms in total. The zero-order chi connectivity index (χ0) is 10.5. The fourth-order valence-corrected chi connectivity index (χ4v) is 1.81. The van der Waals surface area contributed by atoms with E-state index in [-0.39, 0.29) is 0 Å². The Morgan fingerprint density at radius 1 is 1.13 bits per heavy atom. The fraction of sp³-hybridized carbons (Fsp3) is 0.286. The van der Waals surface area contributed by atoms with Gasteiger partial charge in [0.05, 0.1) is 0 Å². The van der Waals surface area contributed by atoms with E-state index in [2.05, 4.69) is 54.4 Å². The Labute approximate surface area is 91.7 Å². The smallest absolute Gasteiger partial charge is 0.0227 e. The van der Waals surface area contributed by atoms with Crippen molar-refractivity contribution in [2.75, 3.05) is 20.1 Å². The first-order chi connectivity index (χ1) is 7.34. The molecule has 0 radical (unpaired) electrons. The van der Waals surface area contributed by atoms with Crippen LogP contribution in [0.25, 0.3) is 6.08 Å². The molecule has 0 spiro atoms. The van der Waals surface area contributed by atoms with E-state index >= 15 is 0 Å². The van der Waals surface area contributed by atoms with Crippen LogP contribution in [0, 0.1) is 0 Å². The maximum atomic E-state index is 2.35. The van der Waals surface area contributed by atoms with Gasteiger partial charge in [-0.2, -0.15) is 0 Å². The van der Waals surface area contributed by atoms with Gasteiger partial charge in [0.15, 0.2) is 0 Å². The van der Waals surface area contributed by atoms with Crippen LogP contribution < -0.4 is 0 Å². The average molecular weight is 199 g/mol. The van der Waals surface area contributed by atoms with Gasteiger partial charge in [0.25, 0.3) is 0 Å². The maximum Gasteiger partial charge on any atom is 0.0227 e. The van der Waals surface area contributed by atoms with E-state index in [0.29, 0.717) is 0 Å². The lowest BCUT2D eigenvalue weighted by molar-refractivity contribution is 0.358. The van der Waals surface area contributed by atoms with Crippen LogP contribution in [-0.2, 0) is 0 Å². The molecular formula is C14H17N. The minimum Gasteiger partial charge on any atom is -0.302 e. The molecule has 0 amide bonds. The van der Waals surface area contributed by atoms with Gasteiger partial charge in [-0.3, -0.25) is 0 Å². The molecule has 0 saturated carbocycles. The second-order valence-corrected chi connectivity index (χ2v) is 4.05. The highest BCUT2D eigenvalue weighted by molar-refractivity contribution is 5.52. The van der Waals surface area contributed by atoms with Crippen molar-refractivity contribution in [1.82, 2.24) is 4.90 Å². The van der Waals surface area contributed by atoms with Crippen molar-refractivity contribution in [3.05, 3.63) is 53.6 Å². The van der Waals surface area contributed by atoms with Crippen LogP contribution in [0.5, 0.6) is 0 Å². The summed E-state index contributed by atoms with van der Waals surface area (Å²) >= 11 is 0. The zero-order valence-corrected chi connectivity index (χ0v) is 9.19. The Balaban J connectivity index is 2.03. The van der Waals surface area contributed by atoms with E-state index in [1.807, 2.05) is 6.07 Å². The summed E-state index contributed by atoms with van der Waals surface area (Å²) in [6.07, 6.45) is 7.92. The highest BCUT2D eigenvalue weighted by Crippen LogP contribution is 2.11. The van der Waals surface area contributed by atoms with Gasteiger partial charge in [-0.25, -0.2) is 0 Å². The lowest BCUT2D eigenvalue weighted by atomic mass is 10.1. The Morgan fingerprint density at radius 3 is 2.67 bits per heavy atom. The summed E-state index contributed by atoms with van der Waals surface area (Å²) < 4.78 is 0. The van der Waals surface area contributed by atoms with E-state index < -0.39 is 0 Å². The van der Waals surface area contributed by atoms with Gasteiger partial charge in [-0.15, -0.1) is 0 Å². The van der Waals surface area contributed by atoms with Gasteiger partial charge in [0.2, 0.25) is 0 Å². The Bertz CT molecular complexity index is 362. The molecule has 1 heteroatoms. The molecule has 0 aliphatic carbocycles. The van der Waals surface area contributed by atoms with E-state index in [4.69, 9.17) is 0 Å². The van der Waals surface area contributed by atoms with Gasteiger partial charge in [0.1, 0.15) is 0 Å². The SMILES string of the molecule is CN1CCC=C(C=Cc2ccccc2)C1. The summed E-state index contributed by atoms with van der Waals surface area (Å²) in [6, 6.07) is 10.4. The normalized spacial score (nSPS) is 18.1. The molecule has 0 fully saturated rings. The first-order valence-corrected chi connectivity index (χ1v) is 5.45. The summed E-state index contributed by atoms with van der Waals surface area (Å²) in [5.74, 6) is 0. The minimum absolute atomic E-state index is 1.07. The lowest BCUT2D eigenvalue weighted by Gasteiger charge is -2.20. The van der Waals surface area contributed by atoms with Crippen LogP contribution in [0.15, 0.2) is 48.1 Å². The lowest BCUT2D eigenvalue weighted by Crippen LogP contribution is -2.24. The second-order valence-electron chi connectivity index (χ2n) is 4.05. The first kappa shape index (κ1) is 10.2. The van der Waals surface area contributed by atoms with Gasteiger partial charge in [-0.05, 0) is 24.6 Å². The molecule has 1 aromatic rings. The molecule has 0 unspecified atom stereocenters. The van der Waals surface area contributed by atoms with Gasteiger partial charge in [0, 0.05) is 13.1 Å². The molecule has 0 atom stereocenters. The highest BCUT2D eigenvalue weighted by Gasteiger charge is 2.04. The molecule has 15 heavy (non-hydrogen) atoms. The first-order valence-electron chi connectivity index (χ1n) is 5.45. The molecule has 0 aromatic heterocycles. The summed E-state index contributed by atoms with van der Waals surface area (Å²) in [6.45, 7) is 2.26. The Kier molecular flexibility index (Phi) is 3.36. The van der Waals surface area contributed by atoms with E-state index in [1.165, 1.54) is 24.1 Å². The van der Waals surface area contributed by atoms with Crippen LogP contribution in [0.3, 0.4) is 0 Å². The number of nitrogens with zero attached hydrogens (tertiary/aromatic N) is 1. The van der Waals surface area contributed by atoms with Crippen molar-refractivity contribution < 1.29 is 0 Å². The summed E-state index contributed by atoms with van der Waals surface area (Å²) in [7, 11) is 2.17. The molecule has 2 rings (SSSR count). The number of rotatable bonds is 2. The van der Waals surface area contributed by atoms with Crippen LogP contribution in [-0.4, -0.2) is 25.0 Å². The molecular weight excluding hydrogens is 182 g/mol. The predicted octanol–water partition coefficient (Wildman–Crippen LogP) is 2.96. The predicted molar refractivity (Wildman–Crippen MR) is 65.7 cm³/mol. The monoisotopic (exact) mass is 199 g/mol. The zero-order valence-electron chi connectivity index (χ0n) is 9.19. The Morgan fingerprint density at radius 2 is 1.93 bits per heavy atom. The topological polar surface area (TPSA) is 3.24 Å². The van der Waals surface area contributed by atoms with Crippen LogP contribution in [0.1, 0.15) is 12.0 Å². The number of benzene rings is 1. The summed E-state index contributed by atoms with van der Waals surface area (Å²) in [5, 5.41) is 0.